The number of fused-ring (bicyclic) bond motifs is 1. The first kappa shape index (κ1) is 23.0. The zero-order valence-electron chi connectivity index (χ0n) is 19.2. The van der Waals surface area contributed by atoms with Crippen LogP contribution in [0.2, 0.25) is 0 Å². The van der Waals surface area contributed by atoms with Crippen LogP contribution < -0.4 is 24.3 Å². The van der Waals surface area contributed by atoms with Crippen LogP contribution >= 0.6 is 12.2 Å². The lowest BCUT2D eigenvalue weighted by Crippen LogP contribution is -2.52. The van der Waals surface area contributed by atoms with E-state index in [1.165, 1.54) is 5.56 Å². The fourth-order valence-electron chi connectivity index (χ4n) is 3.75. The summed E-state index contributed by atoms with van der Waals surface area (Å²) in [5, 5.41) is 4.15. The zero-order valence-corrected chi connectivity index (χ0v) is 20.0. The molecule has 6 nitrogen and oxygen atoms in total. The van der Waals surface area contributed by atoms with Crippen LogP contribution in [0, 0.1) is 0 Å². The first-order valence-corrected chi connectivity index (χ1v) is 10.8. The van der Waals surface area contributed by atoms with E-state index >= 15 is 0 Å². The van der Waals surface area contributed by atoms with Gasteiger partial charge in [0, 0.05) is 12.1 Å². The van der Waals surface area contributed by atoms with Crippen LogP contribution in [0.4, 0.5) is 0 Å². The molecule has 0 saturated carbocycles. The first-order valence-electron chi connectivity index (χ1n) is 10.4. The Morgan fingerprint density at radius 1 is 1.00 bits per heavy atom. The Labute approximate surface area is 190 Å². The monoisotopic (exact) mass is 444 g/mol. The van der Waals surface area contributed by atoms with Crippen molar-refractivity contribution < 1.29 is 18.9 Å². The third kappa shape index (κ3) is 5.34. The minimum Gasteiger partial charge on any atom is -0.493 e. The maximum Gasteiger partial charge on any atom is 0.169 e. The van der Waals surface area contributed by atoms with Crippen LogP contribution in [0.25, 0.3) is 0 Å². The lowest BCUT2D eigenvalue weighted by molar-refractivity contribution is 0.180. The van der Waals surface area contributed by atoms with Gasteiger partial charge in [-0.05, 0) is 74.8 Å². The molecule has 1 heterocycles. The van der Waals surface area contributed by atoms with Crippen molar-refractivity contribution in [2.24, 2.45) is 0 Å². The highest BCUT2D eigenvalue weighted by molar-refractivity contribution is 7.80. The van der Waals surface area contributed by atoms with E-state index in [4.69, 9.17) is 31.2 Å². The summed E-state index contributed by atoms with van der Waals surface area (Å²) < 4.78 is 22.8. The number of para-hydroxylation sites is 2. The Bertz CT molecular complexity index is 926. The van der Waals surface area contributed by atoms with Gasteiger partial charge in [-0.3, -0.25) is 0 Å². The maximum atomic E-state index is 6.24. The second kappa shape index (κ2) is 9.64. The molecular weight excluding hydrogens is 412 g/mol. The van der Waals surface area contributed by atoms with E-state index in [1.807, 2.05) is 30.3 Å². The van der Waals surface area contributed by atoms with Gasteiger partial charge < -0.3 is 29.2 Å². The van der Waals surface area contributed by atoms with Crippen molar-refractivity contribution >= 4 is 17.3 Å². The predicted octanol–water partition coefficient (Wildman–Crippen LogP) is 4.36. The number of hydrogen-bond donors (Lipinski definition) is 1. The highest BCUT2D eigenvalue weighted by Crippen LogP contribution is 2.39. The van der Waals surface area contributed by atoms with Crippen molar-refractivity contribution in [2.75, 3.05) is 34.5 Å². The molecule has 1 N–H and O–H groups in total. The van der Waals surface area contributed by atoms with E-state index in [0.29, 0.717) is 29.0 Å². The van der Waals surface area contributed by atoms with Crippen LogP contribution in [0.15, 0.2) is 36.4 Å². The molecule has 2 aromatic rings. The molecule has 0 aromatic heterocycles. The van der Waals surface area contributed by atoms with E-state index in [-0.39, 0.29) is 11.6 Å². The highest BCUT2D eigenvalue weighted by Gasteiger charge is 2.32. The topological polar surface area (TPSA) is 52.2 Å². The number of benzene rings is 2. The summed E-state index contributed by atoms with van der Waals surface area (Å²) in [4.78, 5) is 2.20. The van der Waals surface area contributed by atoms with Crippen LogP contribution in [-0.4, -0.2) is 50.0 Å². The Balaban J connectivity index is 1.96. The molecule has 168 valence electrons. The van der Waals surface area contributed by atoms with Crippen molar-refractivity contribution in [1.29, 1.82) is 0 Å². The van der Waals surface area contributed by atoms with E-state index in [9.17, 15) is 0 Å². The van der Waals surface area contributed by atoms with Gasteiger partial charge in [0.2, 0.25) is 0 Å². The quantitative estimate of drug-likeness (QED) is 0.664. The average Bonchev–Trinajstić information content (AvgIpc) is 2.75. The fraction of sp³-hybridized carbons (Fsp3) is 0.458. The molecule has 1 aliphatic rings. The lowest BCUT2D eigenvalue weighted by atomic mass is 9.92. The smallest absolute Gasteiger partial charge is 0.169 e. The number of ether oxygens (including phenoxy) is 4. The standard InChI is InChI=1S/C24H32N2O4S/c1-24(2,3)25-23(31)26-12-11-16-13-21(28-5)22(29-6)14-17(16)18(26)15-30-20-10-8-7-9-19(20)27-4/h7-10,13-14,18H,11-12,15H2,1-6H3,(H,25,31)/t18-/m0/s1. The largest absolute Gasteiger partial charge is 0.493 e. The molecular formula is C24H32N2O4S. The van der Waals surface area contributed by atoms with Crippen LogP contribution in [0.5, 0.6) is 23.0 Å². The molecule has 0 unspecified atom stereocenters. The lowest BCUT2D eigenvalue weighted by Gasteiger charge is -2.41. The Kier molecular flexibility index (Phi) is 7.15. The average molecular weight is 445 g/mol. The molecule has 7 heteroatoms. The summed E-state index contributed by atoms with van der Waals surface area (Å²) in [7, 11) is 4.95. The molecule has 0 radical (unpaired) electrons. The number of thiocarbonyl (C=S) groups is 1. The first-order chi connectivity index (χ1) is 14.8. The van der Waals surface area contributed by atoms with E-state index in [2.05, 4.69) is 37.1 Å². The normalized spacial score (nSPS) is 15.7. The summed E-state index contributed by atoms with van der Waals surface area (Å²) in [6, 6.07) is 11.7. The Morgan fingerprint density at radius 3 is 2.23 bits per heavy atom. The molecule has 0 spiro atoms. The molecule has 1 atom stereocenters. The van der Waals surface area contributed by atoms with E-state index < -0.39 is 0 Å². The van der Waals surface area contributed by atoms with Gasteiger partial charge in [-0.2, -0.15) is 0 Å². The van der Waals surface area contributed by atoms with Crippen LogP contribution in [0.1, 0.15) is 37.9 Å². The van der Waals surface area contributed by atoms with E-state index in [0.717, 1.165) is 24.3 Å². The van der Waals surface area contributed by atoms with Gasteiger partial charge in [-0.1, -0.05) is 12.1 Å². The number of nitrogens with one attached hydrogen (secondary N) is 1. The number of methoxy groups -OCH3 is 3. The molecule has 2 aromatic carbocycles. The molecule has 0 fully saturated rings. The van der Waals surface area contributed by atoms with Crippen LogP contribution in [0.3, 0.4) is 0 Å². The molecule has 0 bridgehead atoms. The van der Waals surface area contributed by atoms with Crippen molar-refractivity contribution in [3.8, 4) is 23.0 Å². The summed E-state index contributed by atoms with van der Waals surface area (Å²) in [5.74, 6) is 2.83. The summed E-state index contributed by atoms with van der Waals surface area (Å²) in [6.07, 6.45) is 0.854. The van der Waals surface area contributed by atoms with Gasteiger partial charge in [0.1, 0.15) is 6.61 Å². The van der Waals surface area contributed by atoms with Crippen LogP contribution in [-0.2, 0) is 6.42 Å². The minimum atomic E-state index is -0.136. The van der Waals surface area contributed by atoms with Crippen molar-refractivity contribution in [2.45, 2.75) is 38.8 Å². The second-order valence-electron chi connectivity index (χ2n) is 8.51. The molecule has 0 amide bonds. The summed E-state index contributed by atoms with van der Waals surface area (Å²) in [5.41, 5.74) is 2.20. The third-order valence-electron chi connectivity index (χ3n) is 5.21. The molecule has 1 aliphatic heterocycles. The second-order valence-corrected chi connectivity index (χ2v) is 8.89. The highest BCUT2D eigenvalue weighted by atomic mass is 32.1. The third-order valence-corrected chi connectivity index (χ3v) is 5.55. The van der Waals surface area contributed by atoms with Gasteiger partial charge >= 0.3 is 0 Å². The fourth-order valence-corrected chi connectivity index (χ4v) is 4.28. The van der Waals surface area contributed by atoms with Gasteiger partial charge in [-0.15, -0.1) is 0 Å². The molecule has 3 rings (SSSR count). The van der Waals surface area contributed by atoms with E-state index in [1.54, 1.807) is 21.3 Å². The van der Waals surface area contributed by atoms with Gasteiger partial charge in [0.25, 0.3) is 0 Å². The number of nitrogens with zero attached hydrogens (tertiary/aromatic N) is 1. The minimum absolute atomic E-state index is 0.0872. The molecule has 0 saturated heterocycles. The van der Waals surface area contributed by atoms with Crippen molar-refractivity contribution in [3.63, 3.8) is 0 Å². The van der Waals surface area contributed by atoms with Crippen molar-refractivity contribution in [3.05, 3.63) is 47.5 Å². The Hall–Kier alpha value is -2.67. The summed E-state index contributed by atoms with van der Waals surface area (Å²) >= 11 is 5.80. The summed E-state index contributed by atoms with van der Waals surface area (Å²) in [6.45, 7) is 7.50. The van der Waals surface area contributed by atoms with Gasteiger partial charge in [-0.25, -0.2) is 0 Å². The van der Waals surface area contributed by atoms with Gasteiger partial charge in [0.05, 0.1) is 27.4 Å². The molecule has 31 heavy (non-hydrogen) atoms. The number of hydrogen-bond acceptors (Lipinski definition) is 5. The van der Waals surface area contributed by atoms with Crippen molar-refractivity contribution in [1.82, 2.24) is 10.2 Å². The number of rotatable bonds is 6. The molecule has 0 aliphatic carbocycles. The zero-order chi connectivity index (χ0) is 22.6. The maximum absolute atomic E-state index is 6.24. The Morgan fingerprint density at radius 2 is 1.61 bits per heavy atom. The SMILES string of the molecule is COc1cc2c(cc1OC)[C@H](COc1ccccc1OC)N(C(=S)NC(C)(C)C)CC2. The van der Waals surface area contributed by atoms with Gasteiger partial charge in [0.15, 0.2) is 28.1 Å². The predicted molar refractivity (Wildman–Crippen MR) is 127 cm³/mol.